The zero-order valence-corrected chi connectivity index (χ0v) is 11.7. The van der Waals surface area contributed by atoms with Crippen LogP contribution in [0.4, 0.5) is 17.1 Å². The quantitative estimate of drug-likeness (QED) is 0.484. The number of non-ortho nitro benzene ring substituents is 1. The second-order valence-electron chi connectivity index (χ2n) is 4.56. The number of nitrogens with two attached hydrogens (primary N) is 1. The molecule has 110 valence electrons. The van der Waals surface area contributed by atoms with Crippen LogP contribution in [0.15, 0.2) is 42.5 Å². The maximum Gasteiger partial charge on any atom is 0.273 e. The molecule has 2 aromatic rings. The van der Waals surface area contributed by atoms with Crippen molar-refractivity contribution < 1.29 is 9.66 Å². The van der Waals surface area contributed by atoms with Crippen molar-refractivity contribution in [3.05, 3.63) is 58.1 Å². The van der Waals surface area contributed by atoms with Crippen molar-refractivity contribution in [2.24, 2.45) is 0 Å². The molecule has 0 aliphatic rings. The van der Waals surface area contributed by atoms with E-state index in [2.05, 4.69) is 5.32 Å². The molecule has 0 fully saturated rings. The van der Waals surface area contributed by atoms with Gasteiger partial charge in [0.05, 0.1) is 12.0 Å². The zero-order valence-electron chi connectivity index (χ0n) is 11.7. The van der Waals surface area contributed by atoms with Crippen LogP contribution in [0, 0.1) is 10.1 Å². The number of hydrogen-bond acceptors (Lipinski definition) is 5. The molecule has 6 heteroatoms. The van der Waals surface area contributed by atoms with Crippen LogP contribution in [-0.4, -0.2) is 18.6 Å². The van der Waals surface area contributed by atoms with Crippen LogP contribution in [0.5, 0.6) is 5.75 Å². The van der Waals surface area contributed by atoms with Gasteiger partial charge in [-0.1, -0.05) is 18.2 Å². The highest BCUT2D eigenvalue weighted by Crippen LogP contribution is 2.23. The van der Waals surface area contributed by atoms with Gasteiger partial charge in [0.1, 0.15) is 5.75 Å². The van der Waals surface area contributed by atoms with Crippen LogP contribution < -0.4 is 15.8 Å². The average Bonchev–Trinajstić information content (AvgIpc) is 2.47. The molecule has 3 N–H and O–H groups in total. The van der Waals surface area contributed by atoms with Gasteiger partial charge >= 0.3 is 0 Å². The molecule has 0 bridgehead atoms. The van der Waals surface area contributed by atoms with E-state index in [9.17, 15) is 10.1 Å². The molecule has 0 saturated carbocycles. The topological polar surface area (TPSA) is 90.4 Å². The van der Waals surface area contributed by atoms with E-state index in [4.69, 9.17) is 10.5 Å². The minimum Gasteiger partial charge on any atom is -0.496 e. The molecule has 0 aromatic heterocycles. The Kier molecular flexibility index (Phi) is 4.61. The van der Waals surface area contributed by atoms with Gasteiger partial charge in [-0.3, -0.25) is 10.1 Å². The molecule has 21 heavy (non-hydrogen) atoms. The maximum absolute atomic E-state index is 10.8. The Bertz CT molecular complexity index is 644. The van der Waals surface area contributed by atoms with Crippen LogP contribution in [0.2, 0.25) is 0 Å². The first-order chi connectivity index (χ1) is 10.1. The first-order valence-corrected chi connectivity index (χ1v) is 6.51. The third kappa shape index (κ3) is 3.85. The van der Waals surface area contributed by atoms with Crippen molar-refractivity contribution in [2.45, 2.75) is 6.42 Å². The smallest absolute Gasteiger partial charge is 0.273 e. The summed E-state index contributed by atoms with van der Waals surface area (Å²) >= 11 is 0. The Morgan fingerprint density at radius 2 is 2.05 bits per heavy atom. The van der Waals surface area contributed by atoms with E-state index < -0.39 is 4.92 Å². The molecule has 2 aromatic carbocycles. The summed E-state index contributed by atoms with van der Waals surface area (Å²) in [5.74, 6) is 0.831. The standard InChI is InChI=1S/C15H17N3O3/c1-21-15-5-3-2-4-11(15)6-7-17-13-8-12(16)9-14(10-13)18(19)20/h2-5,8-10,17H,6-7,16H2,1H3. The number of nitro groups is 1. The number of nitrogen functional groups attached to an aromatic ring is 1. The minimum absolute atomic E-state index is 0.0187. The summed E-state index contributed by atoms with van der Waals surface area (Å²) in [6.45, 7) is 0.626. The molecule has 6 nitrogen and oxygen atoms in total. The van der Waals surface area contributed by atoms with Gasteiger partial charge in [-0.05, 0) is 24.1 Å². The molecule has 2 rings (SSSR count). The third-order valence-corrected chi connectivity index (χ3v) is 3.07. The molecule has 0 aliphatic carbocycles. The van der Waals surface area contributed by atoms with Crippen molar-refractivity contribution in [3.63, 3.8) is 0 Å². The van der Waals surface area contributed by atoms with Gasteiger partial charge in [0.2, 0.25) is 0 Å². The molecular formula is C15H17N3O3. The molecule has 0 heterocycles. The molecule has 0 spiro atoms. The lowest BCUT2D eigenvalue weighted by atomic mass is 10.1. The van der Waals surface area contributed by atoms with Gasteiger partial charge in [-0.15, -0.1) is 0 Å². The maximum atomic E-state index is 10.8. The van der Waals surface area contributed by atoms with E-state index in [1.54, 1.807) is 13.2 Å². The van der Waals surface area contributed by atoms with E-state index in [1.165, 1.54) is 12.1 Å². The van der Waals surface area contributed by atoms with Crippen LogP contribution in [0.3, 0.4) is 0 Å². The zero-order chi connectivity index (χ0) is 15.2. The average molecular weight is 287 g/mol. The van der Waals surface area contributed by atoms with Gasteiger partial charge in [0.15, 0.2) is 0 Å². The number of methoxy groups -OCH3 is 1. The summed E-state index contributed by atoms with van der Waals surface area (Å²) in [6, 6.07) is 12.2. The van der Waals surface area contributed by atoms with Gasteiger partial charge in [0, 0.05) is 30.1 Å². The second kappa shape index (κ2) is 6.60. The van der Waals surface area contributed by atoms with Gasteiger partial charge in [-0.2, -0.15) is 0 Å². The molecule has 0 saturated heterocycles. The molecule has 0 amide bonds. The van der Waals surface area contributed by atoms with Crippen molar-refractivity contribution in [1.29, 1.82) is 0 Å². The lowest BCUT2D eigenvalue weighted by Crippen LogP contribution is -2.06. The van der Waals surface area contributed by atoms with Gasteiger partial charge < -0.3 is 15.8 Å². The predicted octanol–water partition coefficient (Wildman–Crippen LogP) is 2.84. The lowest BCUT2D eigenvalue weighted by molar-refractivity contribution is -0.384. The van der Waals surface area contributed by atoms with E-state index in [-0.39, 0.29) is 5.69 Å². The fourth-order valence-corrected chi connectivity index (χ4v) is 2.09. The number of rotatable bonds is 6. The van der Waals surface area contributed by atoms with Gasteiger partial charge in [-0.25, -0.2) is 0 Å². The molecule has 0 aliphatic heterocycles. The number of nitro benzene ring substituents is 1. The number of nitrogens with zero attached hydrogens (tertiary/aromatic N) is 1. The van der Waals surface area contributed by atoms with Crippen LogP contribution in [0.1, 0.15) is 5.56 Å². The summed E-state index contributed by atoms with van der Waals surface area (Å²) in [6.07, 6.45) is 0.743. The Labute approximate surface area is 122 Å². The Morgan fingerprint density at radius 3 is 2.76 bits per heavy atom. The largest absolute Gasteiger partial charge is 0.496 e. The fourth-order valence-electron chi connectivity index (χ4n) is 2.09. The van der Waals surface area contributed by atoms with E-state index in [0.29, 0.717) is 17.9 Å². The minimum atomic E-state index is -0.457. The van der Waals surface area contributed by atoms with Gasteiger partial charge in [0.25, 0.3) is 5.69 Å². The first kappa shape index (κ1) is 14.6. The van der Waals surface area contributed by atoms with Crippen molar-refractivity contribution in [1.82, 2.24) is 0 Å². The van der Waals surface area contributed by atoms with Crippen molar-refractivity contribution in [3.8, 4) is 5.75 Å². The monoisotopic (exact) mass is 287 g/mol. The Hall–Kier alpha value is -2.76. The summed E-state index contributed by atoms with van der Waals surface area (Å²) in [5.41, 5.74) is 7.72. The normalized spacial score (nSPS) is 10.1. The predicted molar refractivity (Wildman–Crippen MR) is 82.7 cm³/mol. The van der Waals surface area contributed by atoms with Crippen LogP contribution in [-0.2, 0) is 6.42 Å². The summed E-state index contributed by atoms with van der Waals surface area (Å²) in [7, 11) is 1.63. The lowest BCUT2D eigenvalue weighted by Gasteiger charge is -2.10. The Balaban J connectivity index is 2.02. The van der Waals surface area contributed by atoms with E-state index in [1.807, 2.05) is 24.3 Å². The fraction of sp³-hybridized carbons (Fsp3) is 0.200. The molecule has 0 unspecified atom stereocenters. The summed E-state index contributed by atoms with van der Waals surface area (Å²) in [5, 5.41) is 13.9. The second-order valence-corrected chi connectivity index (χ2v) is 4.56. The molecule has 0 radical (unpaired) electrons. The number of benzene rings is 2. The number of para-hydroxylation sites is 1. The number of hydrogen-bond donors (Lipinski definition) is 2. The third-order valence-electron chi connectivity index (χ3n) is 3.07. The SMILES string of the molecule is COc1ccccc1CCNc1cc(N)cc([N+](=O)[O-])c1. The highest BCUT2D eigenvalue weighted by molar-refractivity contribution is 5.61. The summed E-state index contributed by atoms with van der Waals surface area (Å²) in [4.78, 5) is 10.3. The first-order valence-electron chi connectivity index (χ1n) is 6.51. The summed E-state index contributed by atoms with van der Waals surface area (Å²) < 4.78 is 5.28. The molecule has 0 atom stereocenters. The highest BCUT2D eigenvalue weighted by atomic mass is 16.6. The van der Waals surface area contributed by atoms with E-state index in [0.717, 1.165) is 17.7 Å². The van der Waals surface area contributed by atoms with Crippen molar-refractivity contribution in [2.75, 3.05) is 24.7 Å². The van der Waals surface area contributed by atoms with E-state index >= 15 is 0 Å². The van der Waals surface area contributed by atoms with Crippen molar-refractivity contribution >= 4 is 17.1 Å². The van der Waals surface area contributed by atoms with Crippen LogP contribution >= 0.6 is 0 Å². The Morgan fingerprint density at radius 1 is 1.29 bits per heavy atom. The number of anilines is 2. The molecular weight excluding hydrogens is 270 g/mol. The van der Waals surface area contributed by atoms with Crippen LogP contribution in [0.25, 0.3) is 0 Å². The highest BCUT2D eigenvalue weighted by Gasteiger charge is 2.08. The number of ether oxygens (including phenoxy) is 1. The number of nitrogens with one attached hydrogen (secondary N) is 1.